The molecule has 1 aromatic carbocycles. The number of aromatic nitrogens is 2. The van der Waals surface area contributed by atoms with E-state index in [-0.39, 0.29) is 18.8 Å². The number of nitrogens with one attached hydrogen (secondary N) is 1. The molecule has 0 radical (unpaired) electrons. The van der Waals surface area contributed by atoms with Gasteiger partial charge in [-0.1, -0.05) is 11.6 Å². The highest BCUT2D eigenvalue weighted by Gasteiger charge is 2.41. The normalized spacial score (nSPS) is 16.7. The number of sulfonamides is 1. The summed E-state index contributed by atoms with van der Waals surface area (Å²) in [5.41, 5.74) is -1.67. The third kappa shape index (κ3) is 4.90. The van der Waals surface area contributed by atoms with E-state index in [0.29, 0.717) is 22.5 Å². The van der Waals surface area contributed by atoms with Gasteiger partial charge in [0.2, 0.25) is 10.0 Å². The maximum Gasteiger partial charge on any atom is 0.434 e. The van der Waals surface area contributed by atoms with Crippen molar-refractivity contribution in [1.29, 1.82) is 0 Å². The molecule has 2 aromatic rings. The number of carbonyl (C=O) groups excluding carboxylic acids is 1. The fourth-order valence-corrected chi connectivity index (χ4v) is 4.16. The standard InChI is InChI=1S/C17H18ClF3N4O3S/c1-29(27,28)24-8-6-12(7-9-24)23-16(26)14-10-22-25(15(14)17(19,20)21)13-4-2-11(18)3-5-13/h2-5,10,12H,6-9H2,1H3,(H,23,26). The maximum absolute atomic E-state index is 13.7. The van der Waals surface area contributed by atoms with Crippen LogP contribution in [0.15, 0.2) is 30.5 Å². The molecule has 1 aliphatic heterocycles. The van der Waals surface area contributed by atoms with E-state index in [4.69, 9.17) is 11.6 Å². The van der Waals surface area contributed by atoms with Gasteiger partial charge in [0.25, 0.3) is 5.91 Å². The van der Waals surface area contributed by atoms with Crippen molar-refractivity contribution in [3.8, 4) is 5.69 Å². The first kappa shape index (κ1) is 21.6. The number of rotatable bonds is 4. The number of hydrogen-bond acceptors (Lipinski definition) is 4. The zero-order valence-electron chi connectivity index (χ0n) is 15.3. The first-order valence-corrected chi connectivity index (χ1v) is 10.9. The summed E-state index contributed by atoms with van der Waals surface area (Å²) in [4.78, 5) is 12.5. The molecule has 1 aliphatic rings. The van der Waals surface area contributed by atoms with Crippen LogP contribution in [0.5, 0.6) is 0 Å². The van der Waals surface area contributed by atoms with Gasteiger partial charge in [0.1, 0.15) is 0 Å². The minimum atomic E-state index is -4.82. The van der Waals surface area contributed by atoms with Crippen molar-refractivity contribution in [2.75, 3.05) is 19.3 Å². The van der Waals surface area contributed by atoms with Gasteiger partial charge in [0.05, 0.1) is 23.7 Å². The van der Waals surface area contributed by atoms with E-state index < -0.39 is 39.4 Å². The van der Waals surface area contributed by atoms with E-state index in [1.165, 1.54) is 28.6 Å². The molecule has 0 spiro atoms. The van der Waals surface area contributed by atoms with Crippen molar-refractivity contribution in [2.24, 2.45) is 0 Å². The van der Waals surface area contributed by atoms with Gasteiger partial charge in [-0.05, 0) is 37.1 Å². The topological polar surface area (TPSA) is 84.3 Å². The van der Waals surface area contributed by atoms with Gasteiger partial charge in [-0.25, -0.2) is 17.4 Å². The monoisotopic (exact) mass is 450 g/mol. The molecule has 0 bridgehead atoms. The van der Waals surface area contributed by atoms with E-state index in [9.17, 15) is 26.4 Å². The molecule has 0 unspecified atom stereocenters. The molecule has 29 heavy (non-hydrogen) atoms. The van der Waals surface area contributed by atoms with Crippen molar-refractivity contribution in [3.05, 3.63) is 46.7 Å². The van der Waals surface area contributed by atoms with E-state index in [2.05, 4.69) is 10.4 Å². The summed E-state index contributed by atoms with van der Waals surface area (Å²) < 4.78 is 66.1. The average Bonchev–Trinajstić information content (AvgIpc) is 3.08. The quantitative estimate of drug-likeness (QED) is 0.776. The van der Waals surface area contributed by atoms with Crippen molar-refractivity contribution < 1.29 is 26.4 Å². The molecule has 1 aromatic heterocycles. The van der Waals surface area contributed by atoms with Gasteiger partial charge >= 0.3 is 6.18 Å². The number of piperidine rings is 1. The van der Waals surface area contributed by atoms with E-state index >= 15 is 0 Å². The highest BCUT2D eigenvalue weighted by Crippen LogP contribution is 2.34. The van der Waals surface area contributed by atoms with Gasteiger partial charge in [0.15, 0.2) is 5.69 Å². The summed E-state index contributed by atoms with van der Waals surface area (Å²) in [6.07, 6.45) is -2.23. The highest BCUT2D eigenvalue weighted by atomic mass is 35.5. The Morgan fingerprint density at radius 3 is 2.31 bits per heavy atom. The molecular weight excluding hydrogens is 433 g/mol. The molecule has 1 N–H and O–H groups in total. The summed E-state index contributed by atoms with van der Waals surface area (Å²) >= 11 is 5.77. The van der Waals surface area contributed by atoms with Crippen molar-refractivity contribution >= 4 is 27.5 Å². The van der Waals surface area contributed by atoms with Crippen LogP contribution in [0.1, 0.15) is 28.9 Å². The summed E-state index contributed by atoms with van der Waals surface area (Å²) in [5.74, 6) is -0.907. The molecule has 1 fully saturated rings. The first-order chi connectivity index (χ1) is 13.5. The van der Waals surface area contributed by atoms with Crippen LogP contribution in [0, 0.1) is 0 Å². The molecule has 0 atom stereocenters. The zero-order valence-corrected chi connectivity index (χ0v) is 16.9. The fourth-order valence-electron chi connectivity index (χ4n) is 3.16. The van der Waals surface area contributed by atoms with Crippen molar-refractivity contribution in [2.45, 2.75) is 25.1 Å². The van der Waals surface area contributed by atoms with Crippen LogP contribution in [0.3, 0.4) is 0 Å². The number of hydrogen-bond donors (Lipinski definition) is 1. The molecule has 158 valence electrons. The third-order valence-electron chi connectivity index (χ3n) is 4.61. The Balaban J connectivity index is 1.82. The van der Waals surface area contributed by atoms with Crippen LogP contribution in [0.2, 0.25) is 5.02 Å². The number of benzene rings is 1. The number of nitrogens with zero attached hydrogens (tertiary/aromatic N) is 3. The summed E-state index contributed by atoms with van der Waals surface area (Å²) in [5, 5.41) is 6.66. The lowest BCUT2D eigenvalue weighted by molar-refractivity contribution is -0.143. The Bertz CT molecular complexity index is 998. The van der Waals surface area contributed by atoms with Gasteiger partial charge in [0, 0.05) is 24.2 Å². The summed E-state index contributed by atoms with van der Waals surface area (Å²) in [7, 11) is -3.34. The molecule has 12 heteroatoms. The smallest absolute Gasteiger partial charge is 0.349 e. The highest BCUT2D eigenvalue weighted by molar-refractivity contribution is 7.88. The minimum Gasteiger partial charge on any atom is -0.349 e. The van der Waals surface area contributed by atoms with Crippen molar-refractivity contribution in [3.63, 3.8) is 0 Å². The van der Waals surface area contributed by atoms with Gasteiger partial charge in [-0.15, -0.1) is 0 Å². The maximum atomic E-state index is 13.7. The zero-order chi connectivity index (χ0) is 21.4. The summed E-state index contributed by atoms with van der Waals surface area (Å²) in [6.45, 7) is 0.389. The van der Waals surface area contributed by atoms with Crippen LogP contribution in [-0.2, 0) is 16.2 Å². The first-order valence-electron chi connectivity index (χ1n) is 8.64. The second-order valence-corrected chi connectivity index (χ2v) is 9.12. The molecular formula is C17H18ClF3N4O3S. The Labute approximate surface area is 170 Å². The van der Waals surface area contributed by atoms with Crippen molar-refractivity contribution in [1.82, 2.24) is 19.4 Å². The molecule has 3 rings (SSSR count). The Hall–Kier alpha value is -2.11. The van der Waals surface area contributed by atoms with Gasteiger partial charge in [-0.3, -0.25) is 4.79 Å². The lowest BCUT2D eigenvalue weighted by Crippen LogP contribution is -2.46. The number of alkyl halides is 3. The Morgan fingerprint density at radius 1 is 1.21 bits per heavy atom. The minimum absolute atomic E-state index is 0.113. The lowest BCUT2D eigenvalue weighted by atomic mass is 10.1. The largest absolute Gasteiger partial charge is 0.434 e. The second-order valence-electron chi connectivity index (χ2n) is 6.70. The van der Waals surface area contributed by atoms with Crippen LogP contribution < -0.4 is 5.32 Å². The predicted molar refractivity (Wildman–Crippen MR) is 100 cm³/mol. The number of carbonyl (C=O) groups is 1. The van der Waals surface area contributed by atoms with Gasteiger partial charge < -0.3 is 5.32 Å². The molecule has 0 aliphatic carbocycles. The van der Waals surface area contributed by atoms with Crippen LogP contribution in [-0.4, -0.2) is 53.8 Å². The third-order valence-corrected chi connectivity index (χ3v) is 6.17. The van der Waals surface area contributed by atoms with E-state index in [0.717, 1.165) is 12.5 Å². The van der Waals surface area contributed by atoms with Crippen LogP contribution in [0.4, 0.5) is 13.2 Å². The Morgan fingerprint density at radius 2 is 1.79 bits per heavy atom. The van der Waals surface area contributed by atoms with Crippen LogP contribution >= 0.6 is 11.6 Å². The second kappa shape index (κ2) is 7.96. The molecule has 1 amide bonds. The van der Waals surface area contributed by atoms with Crippen LogP contribution in [0.25, 0.3) is 5.69 Å². The number of halogens is 4. The lowest BCUT2D eigenvalue weighted by Gasteiger charge is -2.30. The molecule has 0 saturated carbocycles. The summed E-state index contributed by atoms with van der Waals surface area (Å²) in [6, 6.07) is 5.16. The van der Waals surface area contributed by atoms with Gasteiger partial charge in [-0.2, -0.15) is 18.3 Å². The fraction of sp³-hybridized carbons (Fsp3) is 0.412. The average molecular weight is 451 g/mol. The Kier molecular flexibility index (Phi) is 5.93. The molecule has 2 heterocycles. The van der Waals surface area contributed by atoms with E-state index in [1.54, 1.807) is 0 Å². The molecule has 1 saturated heterocycles. The number of amides is 1. The predicted octanol–water partition coefficient (Wildman–Crippen LogP) is 2.70. The SMILES string of the molecule is CS(=O)(=O)N1CCC(NC(=O)c2cnn(-c3ccc(Cl)cc3)c2C(F)(F)F)CC1. The molecule has 7 nitrogen and oxygen atoms in total. The van der Waals surface area contributed by atoms with E-state index in [1.807, 2.05) is 0 Å².